The van der Waals surface area contributed by atoms with Crippen molar-refractivity contribution in [1.82, 2.24) is 10.3 Å². The first-order valence-corrected chi connectivity index (χ1v) is 7.33. The van der Waals surface area contributed by atoms with Gasteiger partial charge in [0.15, 0.2) is 0 Å². The van der Waals surface area contributed by atoms with Crippen LogP contribution >= 0.6 is 0 Å². The molecule has 3 heteroatoms. The summed E-state index contributed by atoms with van der Waals surface area (Å²) in [5.41, 5.74) is 2.23. The Morgan fingerprint density at radius 1 is 1.21 bits per heavy atom. The van der Waals surface area contributed by atoms with Gasteiger partial charge in [-0.25, -0.2) is 0 Å². The van der Waals surface area contributed by atoms with Crippen molar-refractivity contribution in [2.45, 2.75) is 59.7 Å². The fourth-order valence-corrected chi connectivity index (χ4v) is 1.74. The molecule has 0 aliphatic rings. The van der Waals surface area contributed by atoms with E-state index >= 15 is 0 Å². The molecule has 0 aromatic carbocycles. The first kappa shape index (κ1) is 16.1. The van der Waals surface area contributed by atoms with Gasteiger partial charge in [-0.1, -0.05) is 33.8 Å². The molecule has 0 unspecified atom stereocenters. The van der Waals surface area contributed by atoms with E-state index in [4.69, 9.17) is 4.74 Å². The number of hydrogen-bond acceptors (Lipinski definition) is 3. The van der Waals surface area contributed by atoms with Gasteiger partial charge in [0.2, 0.25) is 0 Å². The van der Waals surface area contributed by atoms with Gasteiger partial charge in [0, 0.05) is 25.4 Å². The number of rotatable bonds is 9. The van der Waals surface area contributed by atoms with E-state index in [1.54, 1.807) is 0 Å². The van der Waals surface area contributed by atoms with Crippen LogP contribution in [0.5, 0.6) is 0 Å². The topological polar surface area (TPSA) is 34.1 Å². The maximum atomic E-state index is 5.63. The number of nitrogens with zero attached hydrogens (tertiary/aromatic N) is 1. The standard InChI is InChI=1S/C16H28N2O/c1-13(2)6-5-9-19-12-16-8-7-15(11-18-16)10-17-14(3)4/h7-8,11,13-14,17H,5-6,9-10,12H2,1-4H3. The molecule has 108 valence electrons. The molecule has 0 spiro atoms. The van der Waals surface area contributed by atoms with Crippen LogP contribution in [0.4, 0.5) is 0 Å². The van der Waals surface area contributed by atoms with Crippen molar-refractivity contribution in [3.63, 3.8) is 0 Å². The van der Waals surface area contributed by atoms with Gasteiger partial charge >= 0.3 is 0 Å². The Bertz CT molecular complexity index is 333. The number of ether oxygens (including phenoxy) is 1. The molecular weight excluding hydrogens is 236 g/mol. The number of pyridine rings is 1. The number of hydrogen-bond donors (Lipinski definition) is 1. The van der Waals surface area contributed by atoms with Gasteiger partial charge in [-0.05, 0) is 30.4 Å². The van der Waals surface area contributed by atoms with Crippen LogP contribution in [0.2, 0.25) is 0 Å². The summed E-state index contributed by atoms with van der Waals surface area (Å²) < 4.78 is 5.63. The minimum Gasteiger partial charge on any atom is -0.375 e. The van der Waals surface area contributed by atoms with Gasteiger partial charge in [0.05, 0.1) is 12.3 Å². The molecule has 1 aromatic heterocycles. The predicted molar refractivity (Wildman–Crippen MR) is 79.9 cm³/mol. The summed E-state index contributed by atoms with van der Waals surface area (Å²) in [5, 5.41) is 3.38. The van der Waals surface area contributed by atoms with Crippen molar-refractivity contribution in [1.29, 1.82) is 0 Å². The second kappa shape index (κ2) is 9.05. The van der Waals surface area contributed by atoms with Gasteiger partial charge in [-0.3, -0.25) is 4.98 Å². The smallest absolute Gasteiger partial charge is 0.0887 e. The van der Waals surface area contributed by atoms with E-state index in [1.165, 1.54) is 12.0 Å². The van der Waals surface area contributed by atoms with Crippen LogP contribution in [0.15, 0.2) is 18.3 Å². The summed E-state index contributed by atoms with van der Waals surface area (Å²) in [6.07, 6.45) is 4.30. The van der Waals surface area contributed by atoms with Crippen LogP contribution in [0, 0.1) is 5.92 Å². The van der Waals surface area contributed by atoms with Gasteiger partial charge in [-0.15, -0.1) is 0 Å². The molecule has 1 heterocycles. The molecule has 0 saturated carbocycles. The van der Waals surface area contributed by atoms with Crippen LogP contribution in [-0.4, -0.2) is 17.6 Å². The van der Waals surface area contributed by atoms with Crippen molar-refractivity contribution in [2.24, 2.45) is 5.92 Å². The molecule has 3 nitrogen and oxygen atoms in total. The van der Waals surface area contributed by atoms with Gasteiger partial charge in [0.25, 0.3) is 0 Å². The highest BCUT2D eigenvalue weighted by Crippen LogP contribution is 2.05. The number of nitrogens with one attached hydrogen (secondary N) is 1. The molecule has 1 N–H and O–H groups in total. The minimum absolute atomic E-state index is 0.504. The lowest BCUT2D eigenvalue weighted by Crippen LogP contribution is -2.21. The number of aromatic nitrogens is 1. The van der Waals surface area contributed by atoms with Crippen molar-refractivity contribution in [3.05, 3.63) is 29.6 Å². The average molecular weight is 264 g/mol. The van der Waals surface area contributed by atoms with Crippen LogP contribution in [-0.2, 0) is 17.9 Å². The summed E-state index contributed by atoms with van der Waals surface area (Å²) >= 11 is 0. The van der Waals surface area contributed by atoms with E-state index in [-0.39, 0.29) is 0 Å². The molecule has 0 atom stereocenters. The quantitative estimate of drug-likeness (QED) is 0.693. The molecule has 0 aliphatic heterocycles. The Morgan fingerprint density at radius 3 is 2.58 bits per heavy atom. The fraction of sp³-hybridized carbons (Fsp3) is 0.688. The lowest BCUT2D eigenvalue weighted by Gasteiger charge is -2.09. The first-order chi connectivity index (χ1) is 9.08. The molecule has 0 radical (unpaired) electrons. The normalized spacial score (nSPS) is 11.5. The second-order valence-corrected chi connectivity index (χ2v) is 5.78. The zero-order chi connectivity index (χ0) is 14.1. The molecule has 1 rings (SSSR count). The van der Waals surface area contributed by atoms with Gasteiger partial charge in [-0.2, -0.15) is 0 Å². The Balaban J connectivity index is 2.20. The first-order valence-electron chi connectivity index (χ1n) is 7.33. The Morgan fingerprint density at radius 2 is 2.00 bits per heavy atom. The Labute approximate surface area is 117 Å². The Kier molecular flexibility index (Phi) is 7.68. The monoisotopic (exact) mass is 264 g/mol. The van der Waals surface area contributed by atoms with Crippen LogP contribution in [0.3, 0.4) is 0 Å². The summed E-state index contributed by atoms with van der Waals surface area (Å²) in [4.78, 5) is 4.42. The van der Waals surface area contributed by atoms with Crippen molar-refractivity contribution in [2.75, 3.05) is 6.61 Å². The highest BCUT2D eigenvalue weighted by atomic mass is 16.5. The molecule has 0 bridgehead atoms. The van der Waals surface area contributed by atoms with Gasteiger partial charge in [0.1, 0.15) is 0 Å². The average Bonchev–Trinajstić information content (AvgIpc) is 2.37. The molecule has 19 heavy (non-hydrogen) atoms. The Hall–Kier alpha value is -0.930. The zero-order valence-corrected chi connectivity index (χ0v) is 12.8. The van der Waals surface area contributed by atoms with E-state index in [0.29, 0.717) is 12.6 Å². The summed E-state index contributed by atoms with van der Waals surface area (Å²) in [7, 11) is 0. The minimum atomic E-state index is 0.504. The third kappa shape index (κ3) is 7.96. The molecule has 0 saturated heterocycles. The van der Waals surface area contributed by atoms with E-state index in [1.807, 2.05) is 6.20 Å². The summed E-state index contributed by atoms with van der Waals surface area (Å²) in [6.45, 7) is 11.1. The molecular formula is C16H28N2O. The second-order valence-electron chi connectivity index (χ2n) is 5.78. The molecule has 0 fully saturated rings. The third-order valence-electron chi connectivity index (χ3n) is 2.92. The molecule has 1 aromatic rings. The maximum absolute atomic E-state index is 5.63. The van der Waals surface area contributed by atoms with Crippen molar-refractivity contribution in [3.8, 4) is 0 Å². The van der Waals surface area contributed by atoms with Gasteiger partial charge < -0.3 is 10.1 Å². The lowest BCUT2D eigenvalue weighted by molar-refractivity contribution is 0.112. The fourth-order valence-electron chi connectivity index (χ4n) is 1.74. The largest absolute Gasteiger partial charge is 0.375 e. The SMILES string of the molecule is CC(C)CCCOCc1ccc(CNC(C)C)cn1. The molecule has 0 amide bonds. The van der Waals surface area contributed by atoms with Crippen LogP contribution in [0.1, 0.15) is 51.8 Å². The maximum Gasteiger partial charge on any atom is 0.0887 e. The predicted octanol–water partition coefficient (Wildman–Crippen LogP) is 3.53. The van der Waals surface area contributed by atoms with Crippen molar-refractivity contribution >= 4 is 0 Å². The lowest BCUT2D eigenvalue weighted by atomic mass is 10.1. The van der Waals surface area contributed by atoms with Crippen LogP contribution < -0.4 is 5.32 Å². The van der Waals surface area contributed by atoms with E-state index < -0.39 is 0 Å². The van der Waals surface area contributed by atoms with E-state index in [0.717, 1.165) is 31.2 Å². The highest BCUT2D eigenvalue weighted by Gasteiger charge is 1.99. The van der Waals surface area contributed by atoms with Crippen molar-refractivity contribution < 1.29 is 4.74 Å². The van der Waals surface area contributed by atoms with E-state index in [9.17, 15) is 0 Å². The summed E-state index contributed by atoms with van der Waals surface area (Å²) in [5.74, 6) is 0.759. The summed E-state index contributed by atoms with van der Waals surface area (Å²) in [6, 6.07) is 4.68. The molecule has 0 aliphatic carbocycles. The zero-order valence-electron chi connectivity index (χ0n) is 12.8. The van der Waals surface area contributed by atoms with Crippen LogP contribution in [0.25, 0.3) is 0 Å². The highest BCUT2D eigenvalue weighted by molar-refractivity contribution is 5.13. The van der Waals surface area contributed by atoms with E-state index in [2.05, 4.69) is 50.1 Å². The third-order valence-corrected chi connectivity index (χ3v) is 2.92.